The number of hydrogen-bond donors (Lipinski definition) is 0. The maximum atomic E-state index is 6.34. The molecule has 0 aromatic carbocycles. The van der Waals surface area contributed by atoms with Crippen molar-refractivity contribution in [2.75, 3.05) is 20.3 Å². The van der Waals surface area contributed by atoms with Gasteiger partial charge in [0.05, 0.1) is 6.61 Å². The van der Waals surface area contributed by atoms with E-state index in [1.165, 1.54) is 32.1 Å². The average Bonchev–Trinajstić information content (AvgIpc) is 2.81. The van der Waals surface area contributed by atoms with Crippen LogP contribution in [-0.2, 0) is 18.9 Å². The van der Waals surface area contributed by atoms with Crippen molar-refractivity contribution in [3.8, 4) is 0 Å². The van der Waals surface area contributed by atoms with Crippen molar-refractivity contribution in [1.29, 1.82) is 0 Å². The second-order valence-electron chi connectivity index (χ2n) is 6.94. The molecule has 0 spiro atoms. The number of ether oxygens (including phenoxy) is 4. The Bertz CT molecular complexity index is 342. The fourth-order valence-electron chi connectivity index (χ4n) is 4.16. The summed E-state index contributed by atoms with van der Waals surface area (Å²) in [5.41, 5.74) is 0. The van der Waals surface area contributed by atoms with Gasteiger partial charge in [0, 0.05) is 20.0 Å². The maximum absolute atomic E-state index is 6.34. The molecule has 4 heteroatoms. The minimum atomic E-state index is -0.575. The summed E-state index contributed by atoms with van der Waals surface area (Å²) in [5, 5.41) is 0. The molecular formula is C17H30O4. The summed E-state index contributed by atoms with van der Waals surface area (Å²) in [4.78, 5) is 0. The van der Waals surface area contributed by atoms with Crippen molar-refractivity contribution in [2.24, 2.45) is 5.92 Å². The normalized spacial score (nSPS) is 40.6. The molecule has 2 aliphatic heterocycles. The molecule has 0 aromatic rings. The maximum Gasteiger partial charge on any atom is 0.198 e. The summed E-state index contributed by atoms with van der Waals surface area (Å²) in [5.74, 6) is -0.381. The third-order valence-electron chi connectivity index (χ3n) is 5.36. The topological polar surface area (TPSA) is 36.9 Å². The molecule has 0 radical (unpaired) electrons. The Morgan fingerprint density at radius 2 is 1.95 bits per heavy atom. The van der Waals surface area contributed by atoms with Crippen molar-refractivity contribution >= 4 is 0 Å². The largest absolute Gasteiger partial charge is 0.376 e. The first-order chi connectivity index (χ1) is 10.2. The monoisotopic (exact) mass is 298 g/mol. The molecule has 3 fully saturated rings. The summed E-state index contributed by atoms with van der Waals surface area (Å²) in [7, 11) is 1.75. The fraction of sp³-hybridized carbons (Fsp3) is 1.00. The van der Waals surface area contributed by atoms with E-state index in [1.54, 1.807) is 7.11 Å². The zero-order valence-electron chi connectivity index (χ0n) is 13.6. The van der Waals surface area contributed by atoms with Crippen molar-refractivity contribution in [2.45, 2.75) is 82.4 Å². The van der Waals surface area contributed by atoms with Gasteiger partial charge in [-0.15, -0.1) is 0 Å². The summed E-state index contributed by atoms with van der Waals surface area (Å²) in [6.07, 6.45) is 10.5. The molecule has 1 unspecified atom stereocenters. The molecule has 122 valence electrons. The van der Waals surface area contributed by atoms with Gasteiger partial charge in [-0.05, 0) is 25.2 Å². The Morgan fingerprint density at radius 3 is 2.67 bits per heavy atom. The van der Waals surface area contributed by atoms with Crippen molar-refractivity contribution in [1.82, 2.24) is 0 Å². The zero-order chi connectivity index (χ0) is 14.8. The number of methoxy groups -OCH3 is 1. The highest BCUT2D eigenvalue weighted by atomic mass is 16.8. The molecule has 0 aromatic heterocycles. The van der Waals surface area contributed by atoms with E-state index in [4.69, 9.17) is 18.9 Å². The lowest BCUT2D eigenvalue weighted by atomic mass is 9.90. The molecule has 1 aliphatic carbocycles. The third kappa shape index (κ3) is 3.14. The number of hydrogen-bond acceptors (Lipinski definition) is 4. The van der Waals surface area contributed by atoms with Gasteiger partial charge in [0.2, 0.25) is 0 Å². The molecule has 2 saturated heterocycles. The van der Waals surface area contributed by atoms with Gasteiger partial charge in [-0.25, -0.2) is 0 Å². The molecule has 21 heavy (non-hydrogen) atoms. The van der Waals surface area contributed by atoms with Gasteiger partial charge < -0.3 is 18.9 Å². The first-order valence-corrected chi connectivity index (χ1v) is 8.73. The van der Waals surface area contributed by atoms with Crippen LogP contribution in [0.1, 0.15) is 64.7 Å². The number of rotatable bonds is 6. The van der Waals surface area contributed by atoms with E-state index in [0.717, 1.165) is 32.3 Å². The first-order valence-electron chi connectivity index (χ1n) is 8.73. The molecule has 2 heterocycles. The lowest BCUT2D eigenvalue weighted by Crippen LogP contribution is -2.52. The molecule has 2 bridgehead atoms. The van der Waals surface area contributed by atoms with E-state index in [2.05, 4.69) is 6.92 Å². The third-order valence-corrected chi connectivity index (χ3v) is 5.36. The molecule has 0 amide bonds. The van der Waals surface area contributed by atoms with Gasteiger partial charge >= 0.3 is 0 Å². The lowest BCUT2D eigenvalue weighted by molar-refractivity contribution is -0.327. The molecule has 1 saturated carbocycles. The van der Waals surface area contributed by atoms with E-state index in [0.29, 0.717) is 12.5 Å². The van der Waals surface area contributed by atoms with Crippen LogP contribution in [0.3, 0.4) is 0 Å². The summed E-state index contributed by atoms with van der Waals surface area (Å²) < 4.78 is 24.3. The fourth-order valence-corrected chi connectivity index (χ4v) is 4.16. The van der Waals surface area contributed by atoms with Crippen molar-refractivity contribution in [3.63, 3.8) is 0 Å². The van der Waals surface area contributed by atoms with Gasteiger partial charge in [-0.1, -0.05) is 32.6 Å². The molecule has 3 atom stereocenters. The zero-order valence-corrected chi connectivity index (χ0v) is 13.6. The van der Waals surface area contributed by atoms with Crippen molar-refractivity contribution in [3.05, 3.63) is 0 Å². The van der Waals surface area contributed by atoms with Crippen LogP contribution in [0.4, 0.5) is 0 Å². The Labute approximate surface area is 128 Å². The van der Waals surface area contributed by atoms with E-state index in [1.807, 2.05) is 0 Å². The molecule has 0 N–H and O–H groups in total. The minimum Gasteiger partial charge on any atom is -0.376 e. The van der Waals surface area contributed by atoms with Crippen LogP contribution in [0.25, 0.3) is 0 Å². The van der Waals surface area contributed by atoms with Gasteiger partial charge in [0.25, 0.3) is 0 Å². The quantitative estimate of drug-likeness (QED) is 0.750. The van der Waals surface area contributed by atoms with Crippen LogP contribution in [0.15, 0.2) is 0 Å². The Morgan fingerprint density at radius 1 is 1.14 bits per heavy atom. The van der Waals surface area contributed by atoms with E-state index >= 15 is 0 Å². The van der Waals surface area contributed by atoms with Crippen molar-refractivity contribution < 1.29 is 18.9 Å². The standard InChI is InChI=1S/C17H30O4/c1-3-10-17-15(18-2)9-11-16(21-17,13-20-17)19-12-14-7-5-4-6-8-14/h14-15H,3-13H2,1-2H3/t15-,16-,17?/m1/s1. The van der Waals surface area contributed by atoms with Crippen LogP contribution in [0, 0.1) is 5.92 Å². The van der Waals surface area contributed by atoms with Crippen LogP contribution < -0.4 is 0 Å². The SMILES string of the molecule is CCCC12OC[C@@](OCC3CCCCC3)(CC[C@H]1OC)O2. The highest BCUT2D eigenvalue weighted by Crippen LogP contribution is 2.47. The van der Waals surface area contributed by atoms with Crippen LogP contribution in [0.2, 0.25) is 0 Å². The summed E-state index contributed by atoms with van der Waals surface area (Å²) in [6, 6.07) is 0. The number of fused-ring (bicyclic) bond motifs is 2. The molecule has 3 rings (SSSR count). The summed E-state index contributed by atoms with van der Waals surface area (Å²) in [6.45, 7) is 3.54. The predicted molar refractivity (Wildman–Crippen MR) is 80.0 cm³/mol. The van der Waals surface area contributed by atoms with Gasteiger partial charge in [0.1, 0.15) is 12.7 Å². The van der Waals surface area contributed by atoms with Crippen LogP contribution in [-0.4, -0.2) is 38.0 Å². The van der Waals surface area contributed by atoms with Gasteiger partial charge in [-0.2, -0.15) is 0 Å². The van der Waals surface area contributed by atoms with Crippen LogP contribution >= 0.6 is 0 Å². The predicted octanol–water partition coefficient (Wildman–Crippen LogP) is 3.63. The molecular weight excluding hydrogens is 268 g/mol. The lowest BCUT2D eigenvalue weighted by Gasteiger charge is -2.42. The van der Waals surface area contributed by atoms with Crippen LogP contribution in [0.5, 0.6) is 0 Å². The smallest absolute Gasteiger partial charge is 0.198 e. The average molecular weight is 298 g/mol. The second-order valence-corrected chi connectivity index (χ2v) is 6.94. The first kappa shape index (κ1) is 15.7. The second kappa shape index (κ2) is 6.53. The highest BCUT2D eigenvalue weighted by molar-refractivity contribution is 4.96. The van der Waals surface area contributed by atoms with Gasteiger partial charge in [0.15, 0.2) is 11.6 Å². The van der Waals surface area contributed by atoms with E-state index < -0.39 is 11.6 Å². The molecule has 3 aliphatic rings. The van der Waals surface area contributed by atoms with E-state index in [9.17, 15) is 0 Å². The van der Waals surface area contributed by atoms with Gasteiger partial charge in [-0.3, -0.25) is 0 Å². The Kier molecular flexibility index (Phi) is 4.89. The summed E-state index contributed by atoms with van der Waals surface area (Å²) >= 11 is 0. The highest BCUT2D eigenvalue weighted by Gasteiger charge is 2.59. The Hall–Kier alpha value is -0.160. The Balaban J connectivity index is 1.60. The van der Waals surface area contributed by atoms with E-state index in [-0.39, 0.29) is 6.10 Å². The minimum absolute atomic E-state index is 0.0337. The molecule has 4 nitrogen and oxygen atoms in total.